The first-order chi connectivity index (χ1) is 17.0. The summed E-state index contributed by atoms with van der Waals surface area (Å²) in [5.41, 5.74) is 1.32. The highest BCUT2D eigenvalue weighted by Gasteiger charge is 2.45. The van der Waals surface area contributed by atoms with E-state index in [1.165, 1.54) is 0 Å². The summed E-state index contributed by atoms with van der Waals surface area (Å²) in [5.74, 6) is -0.837. The zero-order valence-electron chi connectivity index (χ0n) is 19.9. The largest absolute Gasteiger partial charge is 0.507 e. The van der Waals surface area contributed by atoms with Gasteiger partial charge in [0.25, 0.3) is 11.7 Å². The number of amides is 1. The molecule has 2 fully saturated rings. The number of Topliss-reactive ketones (excluding diaryl/α,β-unsaturated/α-hetero) is 1. The Kier molecular flexibility index (Phi) is 8.59. The fourth-order valence-electron chi connectivity index (χ4n) is 4.53. The third-order valence-corrected chi connectivity index (χ3v) is 6.76. The number of halogens is 1. The molecule has 1 amide bonds. The number of likely N-dealkylation sites (tertiary alicyclic amines) is 1. The summed E-state index contributed by atoms with van der Waals surface area (Å²) >= 11 is 3.50. The van der Waals surface area contributed by atoms with Crippen LogP contribution in [-0.4, -0.2) is 72.6 Å². The van der Waals surface area contributed by atoms with Crippen LogP contribution in [0.1, 0.15) is 36.9 Å². The van der Waals surface area contributed by atoms with E-state index < -0.39 is 17.7 Å². The van der Waals surface area contributed by atoms with Gasteiger partial charge >= 0.3 is 0 Å². The van der Waals surface area contributed by atoms with Crippen LogP contribution in [0.3, 0.4) is 0 Å². The van der Waals surface area contributed by atoms with Crippen molar-refractivity contribution in [2.24, 2.45) is 0 Å². The zero-order chi connectivity index (χ0) is 24.8. The predicted octanol–water partition coefficient (Wildman–Crippen LogP) is 4.38. The van der Waals surface area contributed by atoms with Gasteiger partial charge in [-0.2, -0.15) is 0 Å². The van der Waals surface area contributed by atoms with E-state index in [1.807, 2.05) is 37.3 Å². The van der Waals surface area contributed by atoms with Crippen LogP contribution in [-0.2, 0) is 14.3 Å². The Morgan fingerprint density at radius 3 is 2.63 bits per heavy atom. The summed E-state index contributed by atoms with van der Waals surface area (Å²) in [4.78, 5) is 30.3. The summed E-state index contributed by atoms with van der Waals surface area (Å²) in [6.07, 6.45) is 1.58. The summed E-state index contributed by atoms with van der Waals surface area (Å²) in [7, 11) is 0. The Hall–Kier alpha value is -2.68. The predicted molar refractivity (Wildman–Crippen MR) is 137 cm³/mol. The highest BCUT2D eigenvalue weighted by molar-refractivity contribution is 9.10. The van der Waals surface area contributed by atoms with E-state index in [1.54, 1.807) is 23.1 Å². The van der Waals surface area contributed by atoms with Gasteiger partial charge in [-0.15, -0.1) is 0 Å². The standard InChI is InChI=1S/C27H31BrN2O5/c1-2-14-35-22-9-4-7-20(18-22)25(31)23-24(19-6-3-8-21(28)17-19)30(27(33)26(23)32)11-5-10-29-12-15-34-16-13-29/h3-4,6-9,17-18,24,31H,2,5,10-16H2,1H3. The Labute approximate surface area is 214 Å². The molecule has 0 aliphatic carbocycles. The maximum atomic E-state index is 13.2. The van der Waals surface area contributed by atoms with Crippen molar-refractivity contribution in [3.8, 4) is 5.75 Å². The van der Waals surface area contributed by atoms with E-state index in [2.05, 4.69) is 20.8 Å². The van der Waals surface area contributed by atoms with E-state index in [0.29, 0.717) is 37.7 Å². The molecular weight excluding hydrogens is 512 g/mol. The van der Waals surface area contributed by atoms with Gasteiger partial charge in [0.15, 0.2) is 0 Å². The minimum Gasteiger partial charge on any atom is -0.507 e. The number of nitrogens with zero attached hydrogens (tertiary/aromatic N) is 2. The minimum absolute atomic E-state index is 0.104. The highest BCUT2D eigenvalue weighted by Crippen LogP contribution is 2.40. The summed E-state index contributed by atoms with van der Waals surface area (Å²) in [6, 6.07) is 13.9. The van der Waals surface area contributed by atoms with E-state index in [4.69, 9.17) is 9.47 Å². The van der Waals surface area contributed by atoms with E-state index in [9.17, 15) is 14.7 Å². The van der Waals surface area contributed by atoms with Gasteiger partial charge in [-0.25, -0.2) is 0 Å². The van der Waals surface area contributed by atoms with Crippen LogP contribution in [0, 0.1) is 0 Å². The van der Waals surface area contributed by atoms with Crippen molar-refractivity contribution < 1.29 is 24.2 Å². The molecule has 186 valence electrons. The summed E-state index contributed by atoms with van der Waals surface area (Å²) in [5, 5.41) is 11.3. The third-order valence-electron chi connectivity index (χ3n) is 6.26. The molecule has 1 N–H and O–H groups in total. The molecule has 0 bridgehead atoms. The average Bonchev–Trinajstić information content (AvgIpc) is 3.13. The second kappa shape index (κ2) is 11.8. The molecule has 2 aliphatic rings. The van der Waals surface area contributed by atoms with Gasteiger partial charge in [0.1, 0.15) is 11.5 Å². The van der Waals surface area contributed by atoms with Crippen molar-refractivity contribution >= 4 is 33.4 Å². The molecule has 7 nitrogen and oxygen atoms in total. The molecule has 0 radical (unpaired) electrons. The van der Waals surface area contributed by atoms with Crippen molar-refractivity contribution in [2.75, 3.05) is 46.0 Å². The first-order valence-corrected chi connectivity index (χ1v) is 12.9. The molecule has 4 rings (SSSR count). The maximum absolute atomic E-state index is 13.2. The SMILES string of the molecule is CCCOc1cccc(C(O)=C2C(=O)C(=O)N(CCCN3CCOCC3)C2c2cccc(Br)c2)c1. The first kappa shape index (κ1) is 25.4. The molecule has 0 spiro atoms. The molecule has 2 aliphatic heterocycles. The van der Waals surface area contributed by atoms with Crippen LogP contribution >= 0.6 is 15.9 Å². The van der Waals surface area contributed by atoms with E-state index >= 15 is 0 Å². The van der Waals surface area contributed by atoms with Crippen LogP contribution in [0.25, 0.3) is 5.76 Å². The lowest BCUT2D eigenvalue weighted by atomic mass is 9.95. The molecule has 2 heterocycles. The normalized spacial score (nSPS) is 20.4. The molecule has 0 saturated carbocycles. The number of ether oxygens (including phenoxy) is 2. The molecule has 2 aromatic carbocycles. The van der Waals surface area contributed by atoms with E-state index in [-0.39, 0.29) is 11.3 Å². The summed E-state index contributed by atoms with van der Waals surface area (Å²) in [6.45, 7) is 6.95. The Balaban J connectivity index is 1.66. The Bertz CT molecular complexity index is 1100. The van der Waals surface area contributed by atoms with Gasteiger partial charge in [0.2, 0.25) is 0 Å². The Morgan fingerprint density at radius 1 is 1.11 bits per heavy atom. The number of hydrogen-bond acceptors (Lipinski definition) is 6. The van der Waals surface area contributed by atoms with Crippen LogP contribution in [0.5, 0.6) is 5.75 Å². The fraction of sp³-hybridized carbons (Fsp3) is 0.407. The molecule has 1 unspecified atom stereocenters. The lowest BCUT2D eigenvalue weighted by Crippen LogP contribution is -2.38. The molecule has 2 aromatic rings. The number of aliphatic hydroxyl groups is 1. The lowest BCUT2D eigenvalue weighted by Gasteiger charge is -2.29. The fourth-order valence-corrected chi connectivity index (χ4v) is 4.95. The quantitative estimate of drug-likeness (QED) is 0.287. The van der Waals surface area contributed by atoms with Crippen molar-refractivity contribution in [3.63, 3.8) is 0 Å². The minimum atomic E-state index is -0.669. The summed E-state index contributed by atoms with van der Waals surface area (Å²) < 4.78 is 11.9. The molecule has 0 aromatic heterocycles. The van der Waals surface area contributed by atoms with Gasteiger partial charge in [0, 0.05) is 36.2 Å². The van der Waals surface area contributed by atoms with Crippen LogP contribution in [0.4, 0.5) is 0 Å². The van der Waals surface area contributed by atoms with Gasteiger partial charge in [-0.1, -0.05) is 47.1 Å². The van der Waals surface area contributed by atoms with Crippen molar-refractivity contribution in [2.45, 2.75) is 25.8 Å². The molecule has 2 saturated heterocycles. The molecule has 8 heteroatoms. The van der Waals surface area contributed by atoms with Gasteiger partial charge < -0.3 is 19.5 Å². The average molecular weight is 543 g/mol. The number of aliphatic hydroxyl groups excluding tert-OH is 1. The number of carbonyl (C=O) groups is 2. The van der Waals surface area contributed by atoms with Gasteiger partial charge in [-0.05, 0) is 42.7 Å². The van der Waals surface area contributed by atoms with Gasteiger partial charge in [-0.3, -0.25) is 14.5 Å². The number of morpholine rings is 1. The monoisotopic (exact) mass is 542 g/mol. The highest BCUT2D eigenvalue weighted by atomic mass is 79.9. The first-order valence-electron chi connectivity index (χ1n) is 12.1. The van der Waals surface area contributed by atoms with Crippen LogP contribution in [0.2, 0.25) is 0 Å². The number of carbonyl (C=O) groups excluding carboxylic acids is 2. The molecule has 35 heavy (non-hydrogen) atoms. The smallest absolute Gasteiger partial charge is 0.295 e. The van der Waals surface area contributed by atoms with Crippen molar-refractivity contribution in [1.82, 2.24) is 9.80 Å². The second-order valence-electron chi connectivity index (χ2n) is 8.73. The van der Waals surface area contributed by atoms with Crippen LogP contribution < -0.4 is 4.74 Å². The van der Waals surface area contributed by atoms with E-state index in [0.717, 1.165) is 42.5 Å². The number of rotatable bonds is 9. The molecular formula is C27H31BrN2O5. The number of hydrogen-bond donors (Lipinski definition) is 1. The number of benzene rings is 2. The maximum Gasteiger partial charge on any atom is 0.295 e. The zero-order valence-corrected chi connectivity index (χ0v) is 21.5. The van der Waals surface area contributed by atoms with Gasteiger partial charge in [0.05, 0.1) is 31.4 Å². The van der Waals surface area contributed by atoms with Crippen LogP contribution in [0.15, 0.2) is 58.6 Å². The van der Waals surface area contributed by atoms with Crippen molar-refractivity contribution in [3.05, 3.63) is 69.7 Å². The third kappa shape index (κ3) is 5.94. The topological polar surface area (TPSA) is 79.3 Å². The lowest BCUT2D eigenvalue weighted by molar-refractivity contribution is -0.140. The number of ketones is 1. The van der Waals surface area contributed by atoms with Crippen molar-refractivity contribution in [1.29, 1.82) is 0 Å². The molecule has 1 atom stereocenters. The Morgan fingerprint density at radius 2 is 1.89 bits per heavy atom. The second-order valence-corrected chi connectivity index (χ2v) is 9.65.